The van der Waals surface area contributed by atoms with E-state index in [2.05, 4.69) is 10.3 Å². The van der Waals surface area contributed by atoms with Crippen molar-refractivity contribution in [2.75, 3.05) is 11.9 Å². The number of fused-ring (bicyclic) bond motifs is 1. The number of benzene rings is 1. The van der Waals surface area contributed by atoms with Crippen LogP contribution in [0.5, 0.6) is 0 Å². The van der Waals surface area contributed by atoms with Gasteiger partial charge in [-0.1, -0.05) is 11.6 Å². The molecule has 0 fully saturated rings. The van der Waals surface area contributed by atoms with Crippen molar-refractivity contribution < 1.29 is 9.90 Å². The molecular weight excluding hydrogens is 240 g/mol. The summed E-state index contributed by atoms with van der Waals surface area (Å²) in [4.78, 5) is 14.6. The van der Waals surface area contributed by atoms with Crippen LogP contribution in [-0.4, -0.2) is 22.6 Å². The minimum Gasteiger partial charge on any atom is -0.481 e. The van der Waals surface area contributed by atoms with Crippen LogP contribution >= 0.6 is 11.6 Å². The number of hydrogen-bond acceptors (Lipinski definition) is 3. The highest BCUT2D eigenvalue weighted by Gasteiger charge is 2.03. The second-order valence-corrected chi connectivity index (χ2v) is 4.03. The van der Waals surface area contributed by atoms with Crippen molar-refractivity contribution >= 4 is 34.2 Å². The summed E-state index contributed by atoms with van der Waals surface area (Å²) in [5.74, 6) is -0.820. The first-order valence-corrected chi connectivity index (χ1v) is 5.54. The van der Waals surface area contributed by atoms with Crippen LogP contribution in [0.1, 0.15) is 6.42 Å². The molecule has 1 aromatic carbocycles. The van der Waals surface area contributed by atoms with E-state index in [0.717, 1.165) is 16.6 Å². The molecule has 0 aliphatic carbocycles. The van der Waals surface area contributed by atoms with E-state index in [4.69, 9.17) is 16.7 Å². The highest BCUT2D eigenvalue weighted by molar-refractivity contribution is 6.31. The lowest BCUT2D eigenvalue weighted by Gasteiger charge is -2.08. The molecule has 0 saturated carbocycles. The Bertz CT molecular complexity index is 557. The van der Waals surface area contributed by atoms with Gasteiger partial charge in [-0.25, -0.2) is 0 Å². The molecule has 0 aliphatic heterocycles. The molecule has 1 aromatic heterocycles. The SMILES string of the molecule is O=C(O)CCNc1ccnc2cc(Cl)ccc12. The number of carboxylic acid groups (broad SMARTS) is 1. The van der Waals surface area contributed by atoms with Gasteiger partial charge >= 0.3 is 5.97 Å². The summed E-state index contributed by atoms with van der Waals surface area (Å²) in [6.07, 6.45) is 1.75. The predicted octanol–water partition coefficient (Wildman–Crippen LogP) is 2.77. The van der Waals surface area contributed by atoms with E-state index in [9.17, 15) is 4.79 Å². The van der Waals surface area contributed by atoms with Crippen LogP contribution in [0, 0.1) is 0 Å². The van der Waals surface area contributed by atoms with Gasteiger partial charge in [0.25, 0.3) is 0 Å². The predicted molar refractivity (Wildman–Crippen MR) is 67.5 cm³/mol. The van der Waals surface area contributed by atoms with Crippen LogP contribution < -0.4 is 5.32 Å². The molecule has 2 N–H and O–H groups in total. The Labute approximate surface area is 103 Å². The van der Waals surface area contributed by atoms with E-state index in [1.807, 2.05) is 12.1 Å². The third-order valence-corrected chi connectivity index (χ3v) is 2.59. The van der Waals surface area contributed by atoms with Crippen LogP contribution in [0.4, 0.5) is 5.69 Å². The first kappa shape index (κ1) is 11.7. The lowest BCUT2D eigenvalue weighted by Crippen LogP contribution is -2.07. The molecule has 2 aromatic rings. The zero-order chi connectivity index (χ0) is 12.3. The molecule has 0 unspecified atom stereocenters. The number of carbonyl (C=O) groups is 1. The van der Waals surface area contributed by atoms with Gasteiger partial charge in [-0.05, 0) is 24.3 Å². The van der Waals surface area contributed by atoms with Crippen molar-refractivity contribution in [3.05, 3.63) is 35.5 Å². The quantitative estimate of drug-likeness (QED) is 0.876. The van der Waals surface area contributed by atoms with Crippen LogP contribution in [0.25, 0.3) is 10.9 Å². The second kappa shape index (κ2) is 5.01. The number of anilines is 1. The van der Waals surface area contributed by atoms with Gasteiger partial charge in [-0.2, -0.15) is 0 Å². The monoisotopic (exact) mass is 250 g/mol. The summed E-state index contributed by atoms with van der Waals surface area (Å²) in [6.45, 7) is 0.386. The maximum absolute atomic E-state index is 10.4. The fraction of sp³-hybridized carbons (Fsp3) is 0.167. The van der Waals surface area contributed by atoms with Crippen molar-refractivity contribution in [2.24, 2.45) is 0 Å². The zero-order valence-electron chi connectivity index (χ0n) is 8.98. The van der Waals surface area contributed by atoms with E-state index < -0.39 is 5.97 Å². The Morgan fingerprint density at radius 2 is 2.24 bits per heavy atom. The number of nitrogens with one attached hydrogen (secondary N) is 1. The van der Waals surface area contributed by atoms with E-state index in [0.29, 0.717) is 11.6 Å². The van der Waals surface area contributed by atoms with Gasteiger partial charge in [-0.3, -0.25) is 9.78 Å². The normalized spacial score (nSPS) is 10.4. The molecule has 17 heavy (non-hydrogen) atoms. The third-order valence-electron chi connectivity index (χ3n) is 2.36. The average molecular weight is 251 g/mol. The molecule has 4 nitrogen and oxygen atoms in total. The molecular formula is C12H11ClN2O2. The zero-order valence-corrected chi connectivity index (χ0v) is 9.74. The maximum atomic E-state index is 10.4. The number of halogens is 1. The molecule has 0 amide bonds. The van der Waals surface area contributed by atoms with Gasteiger partial charge in [0, 0.05) is 28.8 Å². The summed E-state index contributed by atoms with van der Waals surface area (Å²) in [6, 6.07) is 7.25. The highest BCUT2D eigenvalue weighted by Crippen LogP contribution is 2.24. The number of pyridine rings is 1. The fourth-order valence-electron chi connectivity index (χ4n) is 1.58. The molecule has 1 heterocycles. The van der Waals surface area contributed by atoms with Crippen LogP contribution in [0.2, 0.25) is 5.02 Å². The van der Waals surface area contributed by atoms with E-state index in [-0.39, 0.29) is 6.42 Å². The van der Waals surface area contributed by atoms with E-state index in [1.165, 1.54) is 0 Å². The maximum Gasteiger partial charge on any atom is 0.305 e. The minimum atomic E-state index is -0.820. The molecule has 0 bridgehead atoms. The standard InChI is InChI=1S/C12H11ClN2O2/c13-8-1-2-9-10(14-6-4-12(16)17)3-5-15-11(9)7-8/h1-3,5,7H,4,6H2,(H,14,15)(H,16,17). The molecule has 0 spiro atoms. The van der Waals surface area contributed by atoms with Crippen LogP contribution in [-0.2, 0) is 4.79 Å². The Morgan fingerprint density at radius 1 is 1.41 bits per heavy atom. The Kier molecular flexibility index (Phi) is 3.44. The molecule has 0 saturated heterocycles. The first-order valence-electron chi connectivity index (χ1n) is 5.17. The summed E-state index contributed by atoms with van der Waals surface area (Å²) >= 11 is 5.88. The largest absolute Gasteiger partial charge is 0.481 e. The fourth-order valence-corrected chi connectivity index (χ4v) is 1.75. The number of carboxylic acids is 1. The van der Waals surface area contributed by atoms with Gasteiger partial charge in [0.15, 0.2) is 0 Å². The molecule has 0 radical (unpaired) electrons. The van der Waals surface area contributed by atoms with E-state index >= 15 is 0 Å². The van der Waals surface area contributed by atoms with Crippen LogP contribution in [0.15, 0.2) is 30.5 Å². The smallest absolute Gasteiger partial charge is 0.305 e. The molecule has 2 rings (SSSR count). The second-order valence-electron chi connectivity index (χ2n) is 3.59. The number of hydrogen-bond donors (Lipinski definition) is 2. The topological polar surface area (TPSA) is 62.2 Å². The number of rotatable bonds is 4. The van der Waals surface area contributed by atoms with Gasteiger partial charge in [-0.15, -0.1) is 0 Å². The molecule has 88 valence electrons. The van der Waals surface area contributed by atoms with Crippen molar-refractivity contribution in [3.63, 3.8) is 0 Å². The van der Waals surface area contributed by atoms with Gasteiger partial charge in [0.1, 0.15) is 0 Å². The highest BCUT2D eigenvalue weighted by atomic mass is 35.5. The molecule has 0 aliphatic rings. The van der Waals surface area contributed by atoms with Gasteiger partial charge in [0.2, 0.25) is 0 Å². The number of nitrogens with zero attached hydrogens (tertiary/aromatic N) is 1. The minimum absolute atomic E-state index is 0.0808. The van der Waals surface area contributed by atoms with Gasteiger partial charge in [0.05, 0.1) is 11.9 Å². The third kappa shape index (κ3) is 2.85. The Morgan fingerprint density at radius 3 is 3.00 bits per heavy atom. The summed E-state index contributed by atoms with van der Waals surface area (Å²) in [5.41, 5.74) is 1.66. The Balaban J connectivity index is 2.25. The average Bonchev–Trinajstić information content (AvgIpc) is 2.28. The Hall–Kier alpha value is -1.81. The summed E-state index contributed by atoms with van der Waals surface area (Å²) in [7, 11) is 0. The van der Waals surface area contributed by atoms with Gasteiger partial charge < -0.3 is 10.4 Å². The van der Waals surface area contributed by atoms with Crippen molar-refractivity contribution in [2.45, 2.75) is 6.42 Å². The lowest BCUT2D eigenvalue weighted by atomic mass is 10.2. The lowest BCUT2D eigenvalue weighted by molar-refractivity contribution is -0.136. The summed E-state index contributed by atoms with van der Waals surface area (Å²) in [5, 5.41) is 13.2. The van der Waals surface area contributed by atoms with Crippen molar-refractivity contribution in [3.8, 4) is 0 Å². The van der Waals surface area contributed by atoms with Crippen molar-refractivity contribution in [1.29, 1.82) is 0 Å². The number of aliphatic carboxylic acids is 1. The first-order chi connectivity index (χ1) is 8.16. The van der Waals surface area contributed by atoms with E-state index in [1.54, 1.807) is 18.3 Å². The molecule has 5 heteroatoms. The van der Waals surface area contributed by atoms with Crippen LogP contribution in [0.3, 0.4) is 0 Å². The van der Waals surface area contributed by atoms with Crippen molar-refractivity contribution in [1.82, 2.24) is 4.98 Å². The molecule has 0 atom stereocenters. The number of aromatic nitrogens is 1. The summed E-state index contributed by atoms with van der Waals surface area (Å²) < 4.78 is 0.